The highest BCUT2D eigenvalue weighted by molar-refractivity contribution is 6.60. The molecule has 0 fully saturated rings. The highest BCUT2D eigenvalue weighted by atomic mass is 28.4. The van der Waals surface area contributed by atoms with E-state index in [-0.39, 0.29) is 6.42 Å². The first-order valence-electron chi connectivity index (χ1n) is 5.09. The van der Waals surface area contributed by atoms with Crippen LogP contribution in [0, 0.1) is 0 Å². The van der Waals surface area contributed by atoms with Gasteiger partial charge in [0.25, 0.3) is 0 Å². The van der Waals surface area contributed by atoms with Gasteiger partial charge in [-0.1, -0.05) is 6.92 Å². The zero-order valence-corrected chi connectivity index (χ0v) is 11.5. The molecule has 0 heterocycles. The highest BCUT2D eigenvalue weighted by Crippen LogP contribution is 2.13. The number of hydrogen-bond acceptors (Lipinski definition) is 5. The molecule has 0 radical (unpaired) electrons. The van der Waals surface area contributed by atoms with Crippen molar-refractivity contribution in [2.75, 3.05) is 27.9 Å². The van der Waals surface area contributed by atoms with E-state index < -0.39 is 14.8 Å². The van der Waals surface area contributed by atoms with Crippen LogP contribution in [-0.2, 0) is 18.1 Å². The molecule has 3 N–H and O–H groups in total. The zero-order valence-electron chi connectivity index (χ0n) is 10.5. The average molecular weight is 253 g/mol. The van der Waals surface area contributed by atoms with Crippen LogP contribution < -0.4 is 5.73 Å². The van der Waals surface area contributed by atoms with Crippen molar-refractivity contribution in [3.63, 3.8) is 0 Å². The van der Waals surface area contributed by atoms with E-state index in [4.69, 9.17) is 24.1 Å². The van der Waals surface area contributed by atoms with E-state index in [0.717, 1.165) is 12.5 Å². The number of hydrogen-bond donors (Lipinski definition) is 2. The molecule has 0 saturated carbocycles. The van der Waals surface area contributed by atoms with Gasteiger partial charge in [0, 0.05) is 33.8 Å². The van der Waals surface area contributed by atoms with E-state index in [1.807, 2.05) is 0 Å². The van der Waals surface area contributed by atoms with E-state index >= 15 is 0 Å². The van der Waals surface area contributed by atoms with E-state index in [1.165, 1.54) is 0 Å². The molecular formula is C9H23NO5Si. The lowest BCUT2D eigenvalue weighted by molar-refractivity contribution is -0.136. The molecule has 0 unspecified atom stereocenters. The normalized spacial score (nSPS) is 10.6. The molecule has 0 atom stereocenters. The van der Waals surface area contributed by atoms with Crippen molar-refractivity contribution in [1.82, 2.24) is 0 Å². The number of rotatable bonds is 7. The molecule has 0 saturated heterocycles. The Balaban J connectivity index is 0. The van der Waals surface area contributed by atoms with Gasteiger partial charge in [-0.2, -0.15) is 0 Å². The SMILES string of the molecule is CCC(=O)O.CO[Si](CCCN)(OC)OC. The maximum atomic E-state index is 9.37. The number of carboxylic acid groups (broad SMARTS) is 1. The predicted octanol–water partition coefficient (Wildman–Crippen LogP) is 0.694. The first-order chi connectivity index (χ1) is 7.51. The Labute approximate surface area is 98.1 Å². The second kappa shape index (κ2) is 11.0. The van der Waals surface area contributed by atoms with Crippen molar-refractivity contribution in [2.45, 2.75) is 25.8 Å². The topological polar surface area (TPSA) is 91.0 Å². The van der Waals surface area contributed by atoms with E-state index in [2.05, 4.69) is 0 Å². The lowest BCUT2D eigenvalue weighted by Crippen LogP contribution is -2.42. The molecule has 7 heteroatoms. The van der Waals surface area contributed by atoms with Crippen LogP contribution in [0.4, 0.5) is 0 Å². The van der Waals surface area contributed by atoms with E-state index in [1.54, 1.807) is 28.3 Å². The van der Waals surface area contributed by atoms with Crippen LogP contribution in [-0.4, -0.2) is 47.8 Å². The van der Waals surface area contributed by atoms with Crippen LogP contribution in [0.3, 0.4) is 0 Å². The summed E-state index contributed by atoms with van der Waals surface area (Å²) in [5.74, 6) is -0.745. The van der Waals surface area contributed by atoms with E-state index in [0.29, 0.717) is 6.54 Å². The van der Waals surface area contributed by atoms with Gasteiger partial charge < -0.3 is 24.1 Å². The molecule has 98 valence electrons. The molecule has 0 aliphatic heterocycles. The van der Waals surface area contributed by atoms with Crippen LogP contribution in [0.25, 0.3) is 0 Å². The fourth-order valence-electron chi connectivity index (χ4n) is 0.875. The molecule has 0 aromatic carbocycles. The third kappa shape index (κ3) is 8.80. The molecule has 0 aliphatic carbocycles. The summed E-state index contributed by atoms with van der Waals surface area (Å²) in [6, 6.07) is 0.785. The van der Waals surface area contributed by atoms with Crippen LogP contribution in [0.1, 0.15) is 19.8 Å². The Kier molecular flexibility index (Phi) is 12.3. The third-order valence-corrected chi connectivity index (χ3v) is 4.75. The first-order valence-corrected chi connectivity index (χ1v) is 7.02. The fourth-order valence-corrected chi connectivity index (χ4v) is 2.62. The van der Waals surface area contributed by atoms with Gasteiger partial charge in [-0.25, -0.2) is 0 Å². The first kappa shape index (κ1) is 17.9. The minimum Gasteiger partial charge on any atom is -0.481 e. The summed E-state index contributed by atoms with van der Waals surface area (Å²) >= 11 is 0. The zero-order chi connectivity index (χ0) is 13.0. The lowest BCUT2D eigenvalue weighted by Gasteiger charge is -2.23. The van der Waals surface area contributed by atoms with Crippen molar-refractivity contribution in [3.8, 4) is 0 Å². The standard InChI is InChI=1S/C6H17NO3Si.C3H6O2/c1-8-11(9-2,10-3)6-4-5-7;1-2-3(4)5/h4-7H2,1-3H3;2H2,1H3,(H,4,5). The molecule has 16 heavy (non-hydrogen) atoms. The predicted molar refractivity (Wildman–Crippen MR) is 63.2 cm³/mol. The minimum atomic E-state index is -2.32. The summed E-state index contributed by atoms with van der Waals surface area (Å²) in [4.78, 5) is 9.37. The van der Waals surface area contributed by atoms with Crippen LogP contribution in [0.5, 0.6) is 0 Å². The Bertz CT molecular complexity index is 167. The fraction of sp³-hybridized carbons (Fsp3) is 0.889. The second-order valence-electron chi connectivity index (χ2n) is 2.93. The Morgan fingerprint density at radius 1 is 1.25 bits per heavy atom. The van der Waals surface area contributed by atoms with Crippen molar-refractivity contribution in [3.05, 3.63) is 0 Å². The second-order valence-corrected chi connectivity index (χ2v) is 6.03. The van der Waals surface area contributed by atoms with Gasteiger partial charge in [-0.15, -0.1) is 0 Å². The molecular weight excluding hydrogens is 230 g/mol. The number of carbonyl (C=O) groups is 1. The summed E-state index contributed by atoms with van der Waals surface area (Å²) in [6.07, 6.45) is 1.10. The lowest BCUT2D eigenvalue weighted by atomic mass is 10.5. The molecule has 0 spiro atoms. The maximum absolute atomic E-state index is 9.37. The van der Waals surface area contributed by atoms with Crippen LogP contribution >= 0.6 is 0 Å². The molecule has 0 amide bonds. The van der Waals surface area contributed by atoms with Crippen molar-refractivity contribution < 1.29 is 23.2 Å². The number of aliphatic carboxylic acids is 1. The smallest absolute Gasteiger partial charge is 0.481 e. The Morgan fingerprint density at radius 2 is 1.62 bits per heavy atom. The molecule has 6 nitrogen and oxygen atoms in total. The van der Waals surface area contributed by atoms with Gasteiger partial charge in [0.2, 0.25) is 0 Å². The maximum Gasteiger partial charge on any atom is 0.500 e. The van der Waals surface area contributed by atoms with Crippen LogP contribution in [0.15, 0.2) is 0 Å². The van der Waals surface area contributed by atoms with Gasteiger partial charge in [0.15, 0.2) is 0 Å². The summed E-state index contributed by atoms with van der Waals surface area (Å²) in [5.41, 5.74) is 5.36. The molecule has 0 bridgehead atoms. The summed E-state index contributed by atoms with van der Waals surface area (Å²) in [5, 5.41) is 7.72. The Morgan fingerprint density at radius 3 is 1.81 bits per heavy atom. The van der Waals surface area contributed by atoms with Gasteiger partial charge in [0.1, 0.15) is 0 Å². The molecule has 0 rings (SSSR count). The summed E-state index contributed by atoms with van der Waals surface area (Å²) in [7, 11) is 2.50. The van der Waals surface area contributed by atoms with Gasteiger partial charge in [-0.05, 0) is 13.0 Å². The molecule has 0 aliphatic rings. The number of nitrogens with two attached hydrogens (primary N) is 1. The highest BCUT2D eigenvalue weighted by Gasteiger charge is 2.36. The quantitative estimate of drug-likeness (QED) is 0.649. The van der Waals surface area contributed by atoms with Crippen LogP contribution in [0.2, 0.25) is 6.04 Å². The number of carboxylic acids is 1. The third-order valence-electron chi connectivity index (χ3n) is 1.92. The largest absolute Gasteiger partial charge is 0.500 e. The van der Waals surface area contributed by atoms with Gasteiger partial charge in [0.05, 0.1) is 0 Å². The molecule has 0 aromatic rings. The summed E-state index contributed by atoms with van der Waals surface area (Å²) in [6.45, 7) is 2.24. The van der Waals surface area contributed by atoms with Crippen molar-refractivity contribution >= 4 is 14.8 Å². The average Bonchev–Trinajstić information content (AvgIpc) is 2.32. The Hall–Kier alpha value is -0.473. The van der Waals surface area contributed by atoms with Crippen molar-refractivity contribution in [1.29, 1.82) is 0 Å². The minimum absolute atomic E-state index is 0.222. The van der Waals surface area contributed by atoms with E-state index in [9.17, 15) is 4.79 Å². The summed E-state index contributed by atoms with van der Waals surface area (Å²) < 4.78 is 15.5. The van der Waals surface area contributed by atoms with Gasteiger partial charge in [-0.3, -0.25) is 4.79 Å². The monoisotopic (exact) mass is 253 g/mol. The molecule has 0 aromatic heterocycles. The van der Waals surface area contributed by atoms with Crippen molar-refractivity contribution in [2.24, 2.45) is 5.73 Å². The van der Waals surface area contributed by atoms with Gasteiger partial charge >= 0.3 is 14.8 Å².